The van der Waals surface area contributed by atoms with Crippen LogP contribution in [0.15, 0.2) is 10.9 Å². The van der Waals surface area contributed by atoms with Crippen LogP contribution in [0.5, 0.6) is 0 Å². The molecule has 24 heavy (non-hydrogen) atoms. The Labute approximate surface area is 145 Å². The van der Waals surface area contributed by atoms with Gasteiger partial charge in [-0.3, -0.25) is 9.69 Å². The molecule has 0 spiro atoms. The van der Waals surface area contributed by atoms with Crippen LogP contribution in [0.1, 0.15) is 33.4 Å². The molecule has 1 aliphatic rings. The van der Waals surface area contributed by atoms with Crippen molar-refractivity contribution in [2.75, 3.05) is 25.0 Å². The van der Waals surface area contributed by atoms with Gasteiger partial charge in [0.05, 0.1) is 12.2 Å². The van der Waals surface area contributed by atoms with Gasteiger partial charge < -0.3 is 10.1 Å². The molecule has 7 nitrogen and oxygen atoms in total. The summed E-state index contributed by atoms with van der Waals surface area (Å²) in [5, 5.41) is 8.43. The second kappa shape index (κ2) is 6.42. The molecule has 132 valence electrons. The van der Waals surface area contributed by atoms with E-state index in [1.807, 2.05) is 6.92 Å². The standard InChI is InChI=1S/C16H25N5O2S/c1-10-6-13(22)21-15(18-10)24-14(19-21)17-9-16(4,5)20-7-11(2)23-12(3)8-20/h6,11-12H,7-9H2,1-5H3,(H,17,19). The maximum atomic E-state index is 12.0. The largest absolute Gasteiger partial charge is 0.373 e. The third-order valence-electron chi connectivity index (χ3n) is 4.32. The summed E-state index contributed by atoms with van der Waals surface area (Å²) >= 11 is 1.40. The lowest BCUT2D eigenvalue weighted by Crippen LogP contribution is -2.57. The van der Waals surface area contributed by atoms with E-state index in [0.717, 1.165) is 19.6 Å². The molecular formula is C16H25N5O2S. The SMILES string of the molecule is Cc1cc(=O)n2nc(NCC(C)(C)N3CC(C)OC(C)C3)sc2n1. The highest BCUT2D eigenvalue weighted by Crippen LogP contribution is 2.23. The lowest BCUT2D eigenvalue weighted by Gasteiger charge is -2.45. The van der Waals surface area contributed by atoms with Gasteiger partial charge in [-0.15, -0.1) is 5.10 Å². The zero-order chi connectivity index (χ0) is 17.5. The van der Waals surface area contributed by atoms with E-state index in [-0.39, 0.29) is 23.3 Å². The third kappa shape index (κ3) is 3.60. The minimum absolute atomic E-state index is 0.0432. The van der Waals surface area contributed by atoms with Crippen LogP contribution in [0.25, 0.3) is 4.96 Å². The van der Waals surface area contributed by atoms with Gasteiger partial charge >= 0.3 is 0 Å². The Balaban J connectivity index is 1.72. The zero-order valence-corrected chi connectivity index (χ0v) is 15.7. The van der Waals surface area contributed by atoms with Crippen molar-refractivity contribution in [2.24, 2.45) is 0 Å². The Morgan fingerprint density at radius 3 is 2.71 bits per heavy atom. The van der Waals surface area contributed by atoms with Crippen LogP contribution in [-0.4, -0.2) is 56.9 Å². The average Bonchev–Trinajstić information content (AvgIpc) is 2.87. The summed E-state index contributed by atoms with van der Waals surface area (Å²) in [4.78, 5) is 19.4. The van der Waals surface area contributed by atoms with Crippen molar-refractivity contribution in [3.05, 3.63) is 22.1 Å². The molecule has 8 heteroatoms. The Morgan fingerprint density at radius 2 is 2.04 bits per heavy atom. The van der Waals surface area contributed by atoms with Crippen molar-refractivity contribution < 1.29 is 4.74 Å². The molecule has 1 saturated heterocycles. The molecule has 0 aliphatic carbocycles. The smallest absolute Gasteiger partial charge is 0.275 e. The van der Waals surface area contributed by atoms with Crippen molar-refractivity contribution in [2.45, 2.75) is 52.4 Å². The van der Waals surface area contributed by atoms with E-state index in [2.05, 4.69) is 48.0 Å². The number of rotatable bonds is 4. The van der Waals surface area contributed by atoms with Gasteiger partial charge in [-0.25, -0.2) is 4.98 Å². The maximum absolute atomic E-state index is 12.0. The summed E-state index contributed by atoms with van der Waals surface area (Å²) in [7, 11) is 0. The Hall–Kier alpha value is -1.51. The van der Waals surface area contributed by atoms with Crippen LogP contribution >= 0.6 is 11.3 Å². The van der Waals surface area contributed by atoms with Gasteiger partial charge in [0.1, 0.15) is 0 Å². The van der Waals surface area contributed by atoms with Gasteiger partial charge in [-0.2, -0.15) is 4.52 Å². The fourth-order valence-corrected chi connectivity index (χ4v) is 3.91. The van der Waals surface area contributed by atoms with E-state index in [1.165, 1.54) is 21.9 Å². The summed E-state index contributed by atoms with van der Waals surface area (Å²) in [6.07, 6.45) is 0.474. The summed E-state index contributed by atoms with van der Waals surface area (Å²) in [6, 6.07) is 1.50. The first kappa shape index (κ1) is 17.3. The van der Waals surface area contributed by atoms with Gasteiger partial charge in [-0.05, 0) is 34.6 Å². The minimum atomic E-state index is -0.142. The summed E-state index contributed by atoms with van der Waals surface area (Å²) in [6.45, 7) is 13.0. The van der Waals surface area contributed by atoms with Crippen molar-refractivity contribution in [3.8, 4) is 0 Å². The van der Waals surface area contributed by atoms with Crippen molar-refractivity contribution in [3.63, 3.8) is 0 Å². The molecule has 0 bridgehead atoms. The van der Waals surface area contributed by atoms with Crippen LogP contribution in [0.4, 0.5) is 5.13 Å². The summed E-state index contributed by atoms with van der Waals surface area (Å²) in [5.41, 5.74) is 0.530. The predicted molar refractivity (Wildman–Crippen MR) is 96.0 cm³/mol. The van der Waals surface area contributed by atoms with Crippen molar-refractivity contribution >= 4 is 21.4 Å². The third-order valence-corrected chi connectivity index (χ3v) is 5.19. The maximum Gasteiger partial charge on any atom is 0.275 e. The normalized spacial score (nSPS) is 22.9. The molecular weight excluding hydrogens is 326 g/mol. The topological polar surface area (TPSA) is 71.8 Å². The molecule has 2 unspecified atom stereocenters. The lowest BCUT2D eigenvalue weighted by molar-refractivity contribution is -0.0933. The number of fused-ring (bicyclic) bond motifs is 1. The van der Waals surface area contributed by atoms with E-state index in [0.29, 0.717) is 15.8 Å². The first-order valence-electron chi connectivity index (χ1n) is 8.26. The second-order valence-electron chi connectivity index (χ2n) is 7.17. The molecule has 0 amide bonds. The molecule has 1 N–H and O–H groups in total. The lowest BCUT2D eigenvalue weighted by atomic mass is 10.0. The van der Waals surface area contributed by atoms with E-state index >= 15 is 0 Å². The second-order valence-corrected chi connectivity index (χ2v) is 8.12. The number of morpholine rings is 1. The van der Waals surface area contributed by atoms with Gasteiger partial charge in [0.2, 0.25) is 10.1 Å². The molecule has 2 atom stereocenters. The van der Waals surface area contributed by atoms with Crippen LogP contribution < -0.4 is 10.9 Å². The van der Waals surface area contributed by atoms with E-state index in [9.17, 15) is 4.79 Å². The first-order valence-corrected chi connectivity index (χ1v) is 9.08. The molecule has 1 fully saturated rings. The summed E-state index contributed by atoms with van der Waals surface area (Å²) < 4.78 is 7.17. The van der Waals surface area contributed by atoms with E-state index in [1.54, 1.807) is 0 Å². The number of aryl methyl sites for hydroxylation is 1. The predicted octanol–water partition coefficient (Wildman–Crippen LogP) is 1.76. The van der Waals surface area contributed by atoms with Gasteiger partial charge in [-0.1, -0.05) is 11.3 Å². The van der Waals surface area contributed by atoms with Gasteiger partial charge in [0, 0.05) is 36.9 Å². The highest BCUT2D eigenvalue weighted by molar-refractivity contribution is 7.20. The van der Waals surface area contributed by atoms with Crippen LogP contribution in [0.2, 0.25) is 0 Å². The van der Waals surface area contributed by atoms with E-state index < -0.39 is 0 Å². The summed E-state index contributed by atoms with van der Waals surface area (Å²) in [5.74, 6) is 0. The van der Waals surface area contributed by atoms with Crippen LogP contribution in [-0.2, 0) is 4.74 Å². The van der Waals surface area contributed by atoms with Gasteiger partial charge in [0.15, 0.2) is 0 Å². The number of hydrogen-bond donors (Lipinski definition) is 1. The zero-order valence-electron chi connectivity index (χ0n) is 14.9. The Bertz CT molecular complexity index is 774. The highest BCUT2D eigenvalue weighted by Gasteiger charge is 2.33. The number of aromatic nitrogens is 3. The highest BCUT2D eigenvalue weighted by atomic mass is 32.1. The van der Waals surface area contributed by atoms with E-state index in [4.69, 9.17) is 4.74 Å². The van der Waals surface area contributed by atoms with Gasteiger partial charge in [0.25, 0.3) is 5.56 Å². The number of hydrogen-bond acceptors (Lipinski definition) is 7. The van der Waals surface area contributed by atoms with Crippen LogP contribution in [0, 0.1) is 6.92 Å². The number of nitrogens with zero attached hydrogens (tertiary/aromatic N) is 4. The van der Waals surface area contributed by atoms with Crippen molar-refractivity contribution in [1.29, 1.82) is 0 Å². The molecule has 3 heterocycles. The Kier molecular flexibility index (Phi) is 4.63. The Morgan fingerprint density at radius 1 is 1.38 bits per heavy atom. The quantitative estimate of drug-likeness (QED) is 0.905. The molecule has 2 aromatic heterocycles. The molecule has 3 rings (SSSR count). The average molecular weight is 351 g/mol. The van der Waals surface area contributed by atoms with Crippen LogP contribution in [0.3, 0.4) is 0 Å². The molecule has 0 radical (unpaired) electrons. The molecule has 0 aromatic carbocycles. The fourth-order valence-electron chi connectivity index (χ4n) is 3.07. The number of ether oxygens (including phenoxy) is 1. The fraction of sp³-hybridized carbons (Fsp3) is 0.688. The monoisotopic (exact) mass is 351 g/mol. The first-order chi connectivity index (χ1) is 11.2. The van der Waals surface area contributed by atoms with Crippen molar-refractivity contribution in [1.82, 2.24) is 19.5 Å². The molecule has 0 saturated carbocycles. The number of nitrogens with one attached hydrogen (secondary N) is 1. The molecule has 2 aromatic rings. The number of anilines is 1. The minimum Gasteiger partial charge on any atom is -0.373 e. The molecule has 1 aliphatic heterocycles.